The first kappa shape index (κ1) is 11.4. The zero-order valence-electron chi connectivity index (χ0n) is 9.48. The quantitative estimate of drug-likeness (QED) is 0.653. The normalized spacial score (nSPS) is 11.0. The summed E-state index contributed by atoms with van der Waals surface area (Å²) in [6, 6.07) is 12.9. The second-order valence-electron chi connectivity index (χ2n) is 3.97. The summed E-state index contributed by atoms with van der Waals surface area (Å²) >= 11 is 3.34. The molecule has 0 saturated carbocycles. The molecule has 18 heavy (non-hydrogen) atoms. The monoisotopic (exact) mass is 304 g/mol. The maximum absolute atomic E-state index is 13.8. The van der Waals surface area contributed by atoms with Crippen molar-refractivity contribution >= 4 is 27.0 Å². The predicted octanol–water partition coefficient (Wildman–Crippen LogP) is 4.06. The van der Waals surface area contributed by atoms with E-state index in [0.717, 1.165) is 16.7 Å². The lowest BCUT2D eigenvalue weighted by molar-refractivity contribution is 0.616. The Morgan fingerprint density at radius 2 is 1.94 bits per heavy atom. The molecule has 0 radical (unpaired) electrons. The molecule has 3 rings (SSSR count). The molecule has 0 bridgehead atoms. The van der Waals surface area contributed by atoms with Crippen molar-refractivity contribution in [2.24, 2.45) is 0 Å². The van der Waals surface area contributed by atoms with E-state index in [1.54, 1.807) is 12.4 Å². The molecular formula is C14H10BrFN2. The van der Waals surface area contributed by atoms with Gasteiger partial charge in [0.2, 0.25) is 0 Å². The lowest BCUT2D eigenvalue weighted by atomic mass is 10.2. The number of benzene rings is 2. The number of aromatic nitrogens is 2. The maximum atomic E-state index is 13.8. The summed E-state index contributed by atoms with van der Waals surface area (Å²) in [4.78, 5) is 4.33. The van der Waals surface area contributed by atoms with Crippen LogP contribution in [-0.2, 0) is 5.33 Å². The van der Waals surface area contributed by atoms with Gasteiger partial charge in [-0.3, -0.25) is 4.57 Å². The highest BCUT2D eigenvalue weighted by Gasteiger charge is 2.11. The van der Waals surface area contributed by atoms with Gasteiger partial charge in [-0.1, -0.05) is 34.1 Å². The molecule has 0 N–H and O–H groups in total. The van der Waals surface area contributed by atoms with E-state index in [-0.39, 0.29) is 5.82 Å². The minimum atomic E-state index is -0.206. The second kappa shape index (κ2) is 4.53. The largest absolute Gasteiger partial charge is 0.298 e. The van der Waals surface area contributed by atoms with Gasteiger partial charge in [-0.15, -0.1) is 0 Å². The van der Waals surface area contributed by atoms with Crippen LogP contribution in [0.3, 0.4) is 0 Å². The van der Waals surface area contributed by atoms with E-state index in [9.17, 15) is 4.39 Å². The van der Waals surface area contributed by atoms with Crippen molar-refractivity contribution in [1.29, 1.82) is 0 Å². The summed E-state index contributed by atoms with van der Waals surface area (Å²) < 4.78 is 15.7. The highest BCUT2D eigenvalue weighted by atomic mass is 79.9. The van der Waals surface area contributed by atoms with E-state index < -0.39 is 0 Å². The van der Waals surface area contributed by atoms with Crippen LogP contribution in [0, 0.1) is 5.82 Å². The maximum Gasteiger partial charge on any atom is 0.129 e. The summed E-state index contributed by atoms with van der Waals surface area (Å²) in [5.41, 5.74) is 3.34. The van der Waals surface area contributed by atoms with Crippen molar-refractivity contribution in [2.45, 2.75) is 5.33 Å². The van der Waals surface area contributed by atoms with Crippen LogP contribution < -0.4 is 0 Å². The van der Waals surface area contributed by atoms with E-state index in [1.807, 2.05) is 34.9 Å². The molecule has 3 aromatic rings. The Bertz CT molecular complexity index is 706. The topological polar surface area (TPSA) is 17.8 Å². The molecule has 2 aromatic carbocycles. The fourth-order valence-electron chi connectivity index (χ4n) is 2.06. The predicted molar refractivity (Wildman–Crippen MR) is 73.7 cm³/mol. The molecule has 0 aliphatic carbocycles. The molecular weight excluding hydrogens is 295 g/mol. The van der Waals surface area contributed by atoms with Gasteiger partial charge in [0.05, 0.1) is 16.7 Å². The molecule has 0 fully saturated rings. The van der Waals surface area contributed by atoms with Crippen LogP contribution in [0.5, 0.6) is 0 Å². The van der Waals surface area contributed by atoms with Crippen LogP contribution in [0.25, 0.3) is 16.7 Å². The smallest absolute Gasteiger partial charge is 0.129 e. The third kappa shape index (κ3) is 1.73. The van der Waals surface area contributed by atoms with Crippen LogP contribution in [0.1, 0.15) is 5.56 Å². The fourth-order valence-corrected chi connectivity index (χ4v) is 2.61. The molecule has 1 aromatic heterocycles. The molecule has 0 saturated heterocycles. The number of para-hydroxylation sites is 2. The Labute approximate surface area is 112 Å². The lowest BCUT2D eigenvalue weighted by Gasteiger charge is -2.10. The minimum absolute atomic E-state index is 0.206. The standard InChI is InChI=1S/C14H10BrFN2/c15-8-10-11(16)4-3-7-13(10)18-9-17-12-5-1-2-6-14(12)18/h1-7,9H,8H2. The number of hydrogen-bond acceptors (Lipinski definition) is 1. The molecule has 4 heteroatoms. The first-order valence-corrected chi connectivity index (χ1v) is 6.69. The van der Waals surface area contributed by atoms with Gasteiger partial charge in [0.1, 0.15) is 12.1 Å². The van der Waals surface area contributed by atoms with Gasteiger partial charge >= 0.3 is 0 Å². The Morgan fingerprint density at radius 1 is 1.11 bits per heavy atom. The highest BCUT2D eigenvalue weighted by Crippen LogP contribution is 2.24. The van der Waals surface area contributed by atoms with Gasteiger partial charge in [0, 0.05) is 10.9 Å². The van der Waals surface area contributed by atoms with Crippen molar-refractivity contribution in [3.8, 4) is 5.69 Å². The van der Waals surface area contributed by atoms with Crippen molar-refractivity contribution in [3.63, 3.8) is 0 Å². The zero-order chi connectivity index (χ0) is 12.5. The average Bonchev–Trinajstić information content (AvgIpc) is 2.82. The average molecular weight is 305 g/mol. The third-order valence-corrected chi connectivity index (χ3v) is 3.50. The number of fused-ring (bicyclic) bond motifs is 1. The number of hydrogen-bond donors (Lipinski definition) is 0. The van der Waals surface area contributed by atoms with Crippen LogP contribution in [-0.4, -0.2) is 9.55 Å². The van der Waals surface area contributed by atoms with E-state index in [0.29, 0.717) is 10.9 Å². The summed E-state index contributed by atoms with van der Waals surface area (Å²) in [5.74, 6) is -0.206. The first-order chi connectivity index (χ1) is 8.81. The van der Waals surface area contributed by atoms with Crippen molar-refractivity contribution in [3.05, 3.63) is 60.2 Å². The van der Waals surface area contributed by atoms with Crippen LogP contribution in [0.15, 0.2) is 48.8 Å². The van der Waals surface area contributed by atoms with Crippen molar-refractivity contribution in [2.75, 3.05) is 0 Å². The number of rotatable bonds is 2. The number of halogens is 2. The van der Waals surface area contributed by atoms with Gasteiger partial charge in [-0.2, -0.15) is 0 Å². The summed E-state index contributed by atoms with van der Waals surface area (Å²) in [5, 5.41) is 0.474. The Kier molecular flexibility index (Phi) is 2.88. The van der Waals surface area contributed by atoms with Gasteiger partial charge < -0.3 is 0 Å². The molecule has 0 amide bonds. The van der Waals surface area contributed by atoms with Crippen molar-refractivity contribution in [1.82, 2.24) is 9.55 Å². The van der Waals surface area contributed by atoms with Crippen molar-refractivity contribution < 1.29 is 4.39 Å². The van der Waals surface area contributed by atoms with Gasteiger partial charge in [-0.05, 0) is 24.3 Å². The first-order valence-electron chi connectivity index (χ1n) is 5.57. The number of alkyl halides is 1. The Balaban J connectivity index is 2.30. The van der Waals surface area contributed by atoms with E-state index in [4.69, 9.17) is 0 Å². The zero-order valence-corrected chi connectivity index (χ0v) is 11.1. The summed E-state index contributed by atoms with van der Waals surface area (Å²) in [7, 11) is 0. The summed E-state index contributed by atoms with van der Waals surface area (Å²) in [6.45, 7) is 0. The third-order valence-electron chi connectivity index (χ3n) is 2.94. The van der Waals surface area contributed by atoms with E-state index >= 15 is 0 Å². The molecule has 2 nitrogen and oxygen atoms in total. The molecule has 0 unspecified atom stereocenters. The molecule has 0 spiro atoms. The minimum Gasteiger partial charge on any atom is -0.298 e. The second-order valence-corrected chi connectivity index (χ2v) is 4.54. The van der Waals surface area contributed by atoms with E-state index in [2.05, 4.69) is 20.9 Å². The lowest BCUT2D eigenvalue weighted by Crippen LogP contribution is -1.99. The number of nitrogens with zero attached hydrogens (tertiary/aromatic N) is 2. The molecule has 0 aliphatic rings. The van der Waals surface area contributed by atoms with Gasteiger partial charge in [-0.25, -0.2) is 9.37 Å². The van der Waals surface area contributed by atoms with E-state index in [1.165, 1.54) is 6.07 Å². The molecule has 0 atom stereocenters. The number of imidazole rings is 1. The van der Waals surface area contributed by atoms with Gasteiger partial charge in [0.15, 0.2) is 0 Å². The molecule has 90 valence electrons. The fraction of sp³-hybridized carbons (Fsp3) is 0.0714. The van der Waals surface area contributed by atoms with Crippen LogP contribution in [0.2, 0.25) is 0 Å². The SMILES string of the molecule is Fc1cccc(-n2cnc3ccccc32)c1CBr. The molecule has 0 aliphatic heterocycles. The summed E-state index contributed by atoms with van der Waals surface area (Å²) in [6.07, 6.45) is 1.73. The van der Waals surface area contributed by atoms with Gasteiger partial charge in [0.25, 0.3) is 0 Å². The van der Waals surface area contributed by atoms with Crippen LogP contribution >= 0.6 is 15.9 Å². The Hall–Kier alpha value is -1.68. The Morgan fingerprint density at radius 3 is 2.78 bits per heavy atom. The van der Waals surface area contributed by atoms with Crippen LogP contribution in [0.4, 0.5) is 4.39 Å². The molecule has 1 heterocycles. The highest BCUT2D eigenvalue weighted by molar-refractivity contribution is 9.08.